The molecular formula is C16H20N2O5. The van der Waals surface area contributed by atoms with Gasteiger partial charge in [-0.15, -0.1) is 0 Å². The van der Waals surface area contributed by atoms with Crippen LogP contribution < -0.4 is 4.90 Å². The molecule has 2 rings (SSSR count). The van der Waals surface area contributed by atoms with Crippen LogP contribution in [0, 0.1) is 16.0 Å². The number of anilines is 1. The highest BCUT2D eigenvalue weighted by Gasteiger charge is 2.25. The average Bonchev–Trinajstić information content (AvgIpc) is 2.51. The molecule has 7 heteroatoms. The van der Waals surface area contributed by atoms with Crippen molar-refractivity contribution in [2.45, 2.75) is 26.7 Å². The number of hydrogen-bond acceptors (Lipinski definition) is 6. The van der Waals surface area contributed by atoms with Crippen LogP contribution in [-0.4, -0.2) is 36.4 Å². The Morgan fingerprint density at radius 3 is 2.78 bits per heavy atom. The lowest BCUT2D eigenvalue weighted by molar-refractivity contribution is -0.384. The van der Waals surface area contributed by atoms with Crippen LogP contribution in [0.4, 0.5) is 11.4 Å². The van der Waals surface area contributed by atoms with E-state index in [1.807, 2.05) is 4.90 Å². The molecule has 0 N–H and O–H groups in total. The fraction of sp³-hybridized carbons (Fsp3) is 0.500. The Kier molecular flexibility index (Phi) is 5.31. The summed E-state index contributed by atoms with van der Waals surface area (Å²) in [5.74, 6) is -0.544. The summed E-state index contributed by atoms with van der Waals surface area (Å²) in [6, 6.07) is 4.31. The summed E-state index contributed by atoms with van der Waals surface area (Å²) >= 11 is 0. The monoisotopic (exact) mass is 320 g/mol. The van der Waals surface area contributed by atoms with Crippen LogP contribution in [0.2, 0.25) is 0 Å². The van der Waals surface area contributed by atoms with Crippen LogP contribution in [0.3, 0.4) is 0 Å². The molecule has 1 aromatic rings. The summed E-state index contributed by atoms with van der Waals surface area (Å²) in [7, 11) is 0. The Bertz CT molecular complexity index is 629. The summed E-state index contributed by atoms with van der Waals surface area (Å²) in [5.41, 5.74) is 0.479. The average molecular weight is 320 g/mol. The topological polar surface area (TPSA) is 89.8 Å². The van der Waals surface area contributed by atoms with Gasteiger partial charge in [-0.05, 0) is 37.8 Å². The van der Waals surface area contributed by atoms with E-state index in [1.54, 1.807) is 6.07 Å². The minimum Gasteiger partial charge on any atom is -0.454 e. The third-order valence-electron chi connectivity index (χ3n) is 3.81. The van der Waals surface area contributed by atoms with Crippen molar-refractivity contribution in [2.24, 2.45) is 5.92 Å². The maximum Gasteiger partial charge on any atom is 0.338 e. The number of carbonyl (C=O) groups is 2. The summed E-state index contributed by atoms with van der Waals surface area (Å²) in [4.78, 5) is 35.6. The third-order valence-corrected chi connectivity index (χ3v) is 3.81. The molecule has 23 heavy (non-hydrogen) atoms. The van der Waals surface area contributed by atoms with Gasteiger partial charge in [0.25, 0.3) is 5.69 Å². The molecule has 1 heterocycles. The Hall–Kier alpha value is -2.44. The highest BCUT2D eigenvalue weighted by molar-refractivity contribution is 5.93. The number of nitro benzene ring substituents is 1. The molecule has 7 nitrogen and oxygen atoms in total. The van der Waals surface area contributed by atoms with E-state index in [0.29, 0.717) is 11.6 Å². The maximum atomic E-state index is 11.9. The number of ether oxygens (including phenoxy) is 1. The molecule has 0 bridgehead atoms. The molecule has 1 fully saturated rings. The normalized spacial score (nSPS) is 17.7. The number of Topliss-reactive ketones (excluding diaryl/α,β-unsaturated/α-hetero) is 1. The van der Waals surface area contributed by atoms with Crippen LogP contribution in [0.5, 0.6) is 0 Å². The highest BCUT2D eigenvalue weighted by atomic mass is 16.6. The van der Waals surface area contributed by atoms with Gasteiger partial charge in [0.2, 0.25) is 0 Å². The first kappa shape index (κ1) is 16.9. The van der Waals surface area contributed by atoms with E-state index in [4.69, 9.17) is 4.74 Å². The van der Waals surface area contributed by atoms with Crippen LogP contribution in [0.1, 0.15) is 37.0 Å². The van der Waals surface area contributed by atoms with Gasteiger partial charge in [0.05, 0.1) is 10.5 Å². The second-order valence-corrected chi connectivity index (χ2v) is 5.93. The van der Waals surface area contributed by atoms with Crippen molar-refractivity contribution in [3.05, 3.63) is 33.9 Å². The standard InChI is InChI=1S/C16H20N2O5/c1-11-4-3-7-17(9-11)14-6-5-13(8-15(14)18(21)22)16(20)23-10-12(2)19/h5-6,8,11H,3-4,7,9-10H2,1-2H3/t11-/m0/s1. The molecule has 1 saturated heterocycles. The van der Waals surface area contributed by atoms with Crippen LogP contribution >= 0.6 is 0 Å². The van der Waals surface area contributed by atoms with Gasteiger partial charge in [0.15, 0.2) is 5.78 Å². The van der Waals surface area contributed by atoms with Crippen molar-refractivity contribution in [1.82, 2.24) is 0 Å². The number of piperidine rings is 1. The molecule has 0 spiro atoms. The number of carbonyl (C=O) groups excluding carboxylic acids is 2. The highest BCUT2D eigenvalue weighted by Crippen LogP contribution is 2.32. The van der Waals surface area contributed by atoms with E-state index < -0.39 is 10.9 Å². The zero-order valence-electron chi connectivity index (χ0n) is 13.3. The van der Waals surface area contributed by atoms with E-state index in [2.05, 4.69) is 6.92 Å². The molecule has 0 unspecified atom stereocenters. The molecule has 0 saturated carbocycles. The number of benzene rings is 1. The molecular weight excluding hydrogens is 300 g/mol. The smallest absolute Gasteiger partial charge is 0.338 e. The molecule has 1 aliphatic rings. The first-order valence-electron chi connectivity index (χ1n) is 7.58. The number of hydrogen-bond donors (Lipinski definition) is 0. The molecule has 0 amide bonds. The van der Waals surface area contributed by atoms with Gasteiger partial charge in [-0.1, -0.05) is 6.92 Å². The van der Waals surface area contributed by atoms with E-state index in [1.165, 1.54) is 19.1 Å². The Labute approximate surface area is 134 Å². The van der Waals surface area contributed by atoms with Crippen molar-refractivity contribution >= 4 is 23.1 Å². The first-order valence-corrected chi connectivity index (χ1v) is 7.58. The van der Waals surface area contributed by atoms with Crippen molar-refractivity contribution in [3.8, 4) is 0 Å². The maximum absolute atomic E-state index is 11.9. The number of ketones is 1. The van der Waals surface area contributed by atoms with Crippen LogP contribution in [-0.2, 0) is 9.53 Å². The van der Waals surface area contributed by atoms with Gasteiger partial charge in [-0.2, -0.15) is 0 Å². The van der Waals surface area contributed by atoms with Crippen molar-refractivity contribution < 1.29 is 19.2 Å². The first-order chi connectivity index (χ1) is 10.9. The minimum absolute atomic E-state index is 0.0757. The Morgan fingerprint density at radius 2 is 2.17 bits per heavy atom. The van der Waals surface area contributed by atoms with Gasteiger partial charge in [-0.3, -0.25) is 14.9 Å². The van der Waals surface area contributed by atoms with Gasteiger partial charge >= 0.3 is 5.97 Å². The van der Waals surface area contributed by atoms with E-state index in [0.717, 1.165) is 25.9 Å². The zero-order chi connectivity index (χ0) is 17.0. The van der Waals surface area contributed by atoms with Crippen LogP contribution in [0.15, 0.2) is 18.2 Å². The van der Waals surface area contributed by atoms with E-state index in [9.17, 15) is 19.7 Å². The number of nitro groups is 1. The summed E-state index contributed by atoms with van der Waals surface area (Å²) in [5, 5.41) is 11.4. The SMILES string of the molecule is CC(=O)COC(=O)c1ccc(N2CCC[C@H](C)C2)c([N+](=O)[O-])c1. The quantitative estimate of drug-likeness (QED) is 0.470. The lowest BCUT2D eigenvalue weighted by atomic mass is 9.99. The molecule has 0 aromatic heterocycles. The number of rotatable bonds is 5. The second kappa shape index (κ2) is 7.21. The van der Waals surface area contributed by atoms with Gasteiger partial charge in [0.1, 0.15) is 12.3 Å². The van der Waals surface area contributed by atoms with Crippen molar-refractivity contribution in [2.75, 3.05) is 24.6 Å². The van der Waals surface area contributed by atoms with Crippen molar-refractivity contribution in [1.29, 1.82) is 0 Å². The summed E-state index contributed by atoms with van der Waals surface area (Å²) < 4.78 is 4.80. The molecule has 0 radical (unpaired) electrons. The predicted octanol–water partition coefficient (Wildman–Crippen LogP) is 2.58. The third kappa shape index (κ3) is 4.28. The molecule has 1 aromatic carbocycles. The summed E-state index contributed by atoms with van der Waals surface area (Å²) in [6.45, 7) is 4.61. The summed E-state index contributed by atoms with van der Waals surface area (Å²) in [6.07, 6.45) is 2.10. The largest absolute Gasteiger partial charge is 0.454 e. The Morgan fingerprint density at radius 1 is 1.43 bits per heavy atom. The van der Waals surface area contributed by atoms with E-state index in [-0.39, 0.29) is 23.6 Å². The minimum atomic E-state index is -0.734. The van der Waals surface area contributed by atoms with E-state index >= 15 is 0 Å². The van der Waals surface area contributed by atoms with Gasteiger partial charge in [0, 0.05) is 19.2 Å². The number of esters is 1. The Balaban J connectivity index is 2.26. The fourth-order valence-corrected chi connectivity index (χ4v) is 2.72. The van der Waals surface area contributed by atoms with Crippen molar-refractivity contribution in [3.63, 3.8) is 0 Å². The number of nitrogens with zero attached hydrogens (tertiary/aromatic N) is 2. The molecule has 124 valence electrons. The predicted molar refractivity (Wildman–Crippen MR) is 84.7 cm³/mol. The zero-order valence-corrected chi connectivity index (χ0v) is 13.3. The fourth-order valence-electron chi connectivity index (χ4n) is 2.72. The molecule has 1 aliphatic heterocycles. The molecule has 1 atom stereocenters. The van der Waals surface area contributed by atoms with Gasteiger partial charge < -0.3 is 9.64 Å². The lowest BCUT2D eigenvalue weighted by Crippen LogP contribution is -2.34. The van der Waals surface area contributed by atoms with Crippen LogP contribution in [0.25, 0.3) is 0 Å². The molecule has 0 aliphatic carbocycles. The second-order valence-electron chi connectivity index (χ2n) is 5.93. The lowest BCUT2D eigenvalue weighted by Gasteiger charge is -2.32. The van der Waals surface area contributed by atoms with Gasteiger partial charge in [-0.25, -0.2) is 4.79 Å².